The molecule has 1 fully saturated rings. The number of piperidine rings is 1. The van der Waals surface area contributed by atoms with Crippen molar-refractivity contribution in [2.24, 2.45) is 5.92 Å². The molecule has 1 amide bonds. The number of nitrogens with one attached hydrogen (secondary N) is 1. The van der Waals surface area contributed by atoms with Crippen LogP contribution in [0, 0.1) is 12.8 Å². The summed E-state index contributed by atoms with van der Waals surface area (Å²) >= 11 is 1.38. The third-order valence-electron chi connectivity index (χ3n) is 3.46. The van der Waals surface area contributed by atoms with Crippen LogP contribution in [0.2, 0.25) is 0 Å². The maximum absolute atomic E-state index is 12.4. The number of carbonyl (C=O) groups excluding carboxylic acids is 1. The van der Waals surface area contributed by atoms with Gasteiger partial charge < -0.3 is 15.3 Å². The quantitative estimate of drug-likeness (QED) is 0.846. The maximum atomic E-state index is 12.4. The topological polar surface area (TPSA) is 82.5 Å². The molecular formula is C13H19N3O3S. The van der Waals surface area contributed by atoms with E-state index in [9.17, 15) is 9.59 Å². The Morgan fingerprint density at radius 2 is 2.40 bits per heavy atom. The molecule has 1 aliphatic heterocycles. The van der Waals surface area contributed by atoms with Crippen molar-refractivity contribution in [3.63, 3.8) is 0 Å². The van der Waals surface area contributed by atoms with Crippen LogP contribution in [0.15, 0.2) is 5.51 Å². The van der Waals surface area contributed by atoms with Gasteiger partial charge in [-0.3, -0.25) is 9.59 Å². The van der Waals surface area contributed by atoms with E-state index in [-0.39, 0.29) is 12.5 Å². The number of hydrogen-bond donors (Lipinski definition) is 2. The van der Waals surface area contributed by atoms with E-state index in [1.165, 1.54) is 11.3 Å². The average Bonchev–Trinajstić information content (AvgIpc) is 2.84. The van der Waals surface area contributed by atoms with Crippen LogP contribution in [-0.2, 0) is 4.79 Å². The summed E-state index contributed by atoms with van der Waals surface area (Å²) in [5.41, 5.74) is 2.48. The van der Waals surface area contributed by atoms with Crippen molar-refractivity contribution in [1.29, 1.82) is 0 Å². The number of aromatic nitrogens is 1. The molecule has 110 valence electrons. The minimum Gasteiger partial charge on any atom is -0.480 e. The van der Waals surface area contributed by atoms with Crippen molar-refractivity contribution in [2.45, 2.75) is 19.8 Å². The smallest absolute Gasteiger partial charge is 0.317 e. The van der Waals surface area contributed by atoms with Gasteiger partial charge in [-0.05, 0) is 25.7 Å². The molecule has 1 atom stereocenters. The second-order valence-electron chi connectivity index (χ2n) is 5.05. The van der Waals surface area contributed by atoms with Gasteiger partial charge in [0.25, 0.3) is 5.91 Å². The third kappa shape index (κ3) is 3.77. The first-order chi connectivity index (χ1) is 9.58. The number of carbonyl (C=O) groups is 2. The van der Waals surface area contributed by atoms with Crippen molar-refractivity contribution in [3.8, 4) is 0 Å². The summed E-state index contributed by atoms with van der Waals surface area (Å²) in [4.78, 5) is 29.5. The van der Waals surface area contributed by atoms with Gasteiger partial charge in [-0.15, -0.1) is 11.3 Å². The van der Waals surface area contributed by atoms with Gasteiger partial charge >= 0.3 is 5.97 Å². The SMILES string of the molecule is Cc1ncsc1C(=O)N1CCCC(CNCC(=O)O)C1. The zero-order valence-electron chi connectivity index (χ0n) is 11.5. The fourth-order valence-electron chi connectivity index (χ4n) is 2.45. The largest absolute Gasteiger partial charge is 0.480 e. The van der Waals surface area contributed by atoms with E-state index < -0.39 is 5.97 Å². The molecule has 1 aromatic rings. The van der Waals surface area contributed by atoms with Crippen molar-refractivity contribution >= 4 is 23.2 Å². The summed E-state index contributed by atoms with van der Waals surface area (Å²) < 4.78 is 0. The van der Waals surface area contributed by atoms with Crippen LogP contribution >= 0.6 is 11.3 Å². The van der Waals surface area contributed by atoms with Gasteiger partial charge in [0.2, 0.25) is 0 Å². The van der Waals surface area contributed by atoms with Gasteiger partial charge in [0, 0.05) is 19.6 Å². The lowest BCUT2D eigenvalue weighted by Crippen LogP contribution is -2.43. The molecule has 7 heteroatoms. The number of thiazole rings is 1. The molecule has 1 unspecified atom stereocenters. The minimum atomic E-state index is -0.853. The minimum absolute atomic E-state index is 0.0294. The highest BCUT2D eigenvalue weighted by Crippen LogP contribution is 2.21. The maximum Gasteiger partial charge on any atom is 0.317 e. The van der Waals surface area contributed by atoms with Crippen LogP contribution in [0.1, 0.15) is 28.2 Å². The van der Waals surface area contributed by atoms with Crippen LogP contribution < -0.4 is 5.32 Å². The predicted molar refractivity (Wildman–Crippen MR) is 76.0 cm³/mol. The summed E-state index contributed by atoms with van der Waals surface area (Å²) in [6.07, 6.45) is 1.99. The van der Waals surface area contributed by atoms with E-state index >= 15 is 0 Å². The number of amides is 1. The number of rotatable bonds is 5. The number of hydrogen-bond acceptors (Lipinski definition) is 5. The van der Waals surface area contributed by atoms with E-state index in [1.807, 2.05) is 11.8 Å². The summed E-state index contributed by atoms with van der Waals surface area (Å²) in [6, 6.07) is 0. The molecule has 0 radical (unpaired) electrons. The fourth-order valence-corrected chi connectivity index (χ4v) is 3.22. The van der Waals surface area contributed by atoms with Crippen LogP contribution in [0.25, 0.3) is 0 Å². The van der Waals surface area contributed by atoms with Gasteiger partial charge in [0.05, 0.1) is 17.7 Å². The number of aryl methyl sites for hydroxylation is 1. The molecule has 2 N–H and O–H groups in total. The highest BCUT2D eigenvalue weighted by Gasteiger charge is 2.26. The summed E-state index contributed by atoms with van der Waals surface area (Å²) in [6.45, 7) is 3.91. The van der Waals surface area contributed by atoms with E-state index in [2.05, 4.69) is 10.3 Å². The lowest BCUT2D eigenvalue weighted by atomic mass is 9.98. The number of carboxylic acid groups (broad SMARTS) is 1. The Hall–Kier alpha value is -1.47. The van der Waals surface area contributed by atoms with Gasteiger partial charge in [0.1, 0.15) is 4.88 Å². The van der Waals surface area contributed by atoms with Crippen LogP contribution in [0.5, 0.6) is 0 Å². The Morgan fingerprint density at radius 1 is 1.60 bits per heavy atom. The molecule has 1 saturated heterocycles. The number of aliphatic carboxylic acids is 1. The lowest BCUT2D eigenvalue weighted by molar-refractivity contribution is -0.136. The molecule has 2 heterocycles. The number of nitrogens with zero attached hydrogens (tertiary/aromatic N) is 2. The highest BCUT2D eigenvalue weighted by atomic mass is 32.1. The molecule has 0 bridgehead atoms. The molecule has 1 aromatic heterocycles. The zero-order valence-corrected chi connectivity index (χ0v) is 12.3. The van der Waals surface area contributed by atoms with Crippen LogP contribution in [0.3, 0.4) is 0 Å². The van der Waals surface area contributed by atoms with Gasteiger partial charge in [-0.1, -0.05) is 0 Å². The lowest BCUT2D eigenvalue weighted by Gasteiger charge is -2.32. The van der Waals surface area contributed by atoms with Crippen molar-refractivity contribution < 1.29 is 14.7 Å². The first kappa shape index (κ1) is 14.9. The number of carboxylic acids is 1. The zero-order chi connectivity index (χ0) is 14.5. The molecule has 0 spiro atoms. The summed E-state index contributed by atoms with van der Waals surface area (Å²) in [5.74, 6) is -0.484. The summed E-state index contributed by atoms with van der Waals surface area (Å²) in [5, 5.41) is 11.5. The molecule has 0 aliphatic carbocycles. The Labute approximate surface area is 121 Å². The fraction of sp³-hybridized carbons (Fsp3) is 0.615. The Morgan fingerprint density at radius 3 is 3.05 bits per heavy atom. The average molecular weight is 297 g/mol. The Balaban J connectivity index is 1.88. The Kier molecular flexibility index (Phi) is 5.08. The van der Waals surface area contributed by atoms with Crippen molar-refractivity contribution in [3.05, 3.63) is 16.1 Å². The molecule has 20 heavy (non-hydrogen) atoms. The van der Waals surface area contributed by atoms with Gasteiger partial charge in [-0.25, -0.2) is 4.98 Å². The summed E-state index contributed by atoms with van der Waals surface area (Å²) in [7, 11) is 0. The highest BCUT2D eigenvalue weighted by molar-refractivity contribution is 7.11. The third-order valence-corrected chi connectivity index (χ3v) is 4.37. The second-order valence-corrected chi connectivity index (χ2v) is 5.91. The molecular weight excluding hydrogens is 278 g/mol. The second kappa shape index (κ2) is 6.81. The van der Waals surface area contributed by atoms with Crippen LogP contribution in [0.4, 0.5) is 0 Å². The molecule has 0 saturated carbocycles. The predicted octanol–water partition coefficient (Wildman–Crippen LogP) is 0.978. The van der Waals surface area contributed by atoms with Crippen molar-refractivity contribution in [2.75, 3.05) is 26.2 Å². The monoisotopic (exact) mass is 297 g/mol. The molecule has 0 aromatic carbocycles. The van der Waals surface area contributed by atoms with E-state index in [4.69, 9.17) is 5.11 Å². The molecule has 6 nitrogen and oxygen atoms in total. The standard InChI is InChI=1S/C13H19N3O3S/c1-9-12(20-8-15-9)13(19)16-4-2-3-10(7-16)5-14-6-11(17)18/h8,10,14H,2-7H2,1H3,(H,17,18). The van der Waals surface area contributed by atoms with E-state index in [0.717, 1.165) is 25.1 Å². The molecule has 2 rings (SSSR count). The van der Waals surface area contributed by atoms with Gasteiger partial charge in [0.15, 0.2) is 0 Å². The Bertz CT molecular complexity index is 489. The first-order valence-electron chi connectivity index (χ1n) is 6.69. The first-order valence-corrected chi connectivity index (χ1v) is 7.57. The van der Waals surface area contributed by atoms with Crippen molar-refractivity contribution in [1.82, 2.24) is 15.2 Å². The van der Waals surface area contributed by atoms with Gasteiger partial charge in [-0.2, -0.15) is 0 Å². The molecule has 1 aliphatic rings. The van der Waals surface area contributed by atoms with Crippen LogP contribution in [-0.4, -0.2) is 53.0 Å². The number of likely N-dealkylation sites (tertiary alicyclic amines) is 1. The normalized spacial score (nSPS) is 19.1. The van der Waals surface area contributed by atoms with E-state index in [1.54, 1.807) is 5.51 Å². The van der Waals surface area contributed by atoms with E-state index in [0.29, 0.717) is 23.9 Å².